The molecule has 0 amide bonds. The molecule has 0 saturated carbocycles. The summed E-state index contributed by atoms with van der Waals surface area (Å²) in [5.74, 6) is 0. The Labute approximate surface area is 116 Å². The van der Waals surface area contributed by atoms with Gasteiger partial charge in [0.1, 0.15) is 0 Å². The van der Waals surface area contributed by atoms with Gasteiger partial charge in [0.05, 0.1) is 6.61 Å². The Morgan fingerprint density at radius 1 is 1.56 bits per heavy atom. The second kappa shape index (κ2) is 5.73. The fraction of sp³-hybridized carbons (Fsp3) is 0.273. The lowest BCUT2D eigenvalue weighted by Gasteiger charge is -2.07. The minimum Gasteiger partial charge on any atom is -0.392 e. The highest BCUT2D eigenvalue weighted by atomic mass is 79.9. The van der Waals surface area contributed by atoms with Gasteiger partial charge in [-0.15, -0.1) is 5.10 Å². The van der Waals surface area contributed by atoms with E-state index in [-0.39, 0.29) is 12.3 Å². The Bertz CT molecular complexity index is 609. The molecule has 1 aromatic carbocycles. The number of aliphatic hydroxyl groups excluding tert-OH is 1. The molecular formula is C11H12BrN3O2S. The summed E-state index contributed by atoms with van der Waals surface area (Å²) < 4.78 is 2.47. The van der Waals surface area contributed by atoms with E-state index in [1.54, 1.807) is 4.57 Å². The van der Waals surface area contributed by atoms with E-state index in [0.717, 1.165) is 14.9 Å². The van der Waals surface area contributed by atoms with Crippen LogP contribution < -0.4 is 5.69 Å². The summed E-state index contributed by atoms with van der Waals surface area (Å²) in [6.45, 7) is 2.39. The van der Waals surface area contributed by atoms with Gasteiger partial charge < -0.3 is 5.11 Å². The van der Waals surface area contributed by atoms with Crippen molar-refractivity contribution in [1.29, 1.82) is 0 Å². The molecule has 0 bridgehead atoms. The first-order chi connectivity index (χ1) is 8.65. The molecule has 0 unspecified atom stereocenters. The van der Waals surface area contributed by atoms with Gasteiger partial charge in [0.15, 0.2) is 5.16 Å². The van der Waals surface area contributed by atoms with Crippen LogP contribution in [0.1, 0.15) is 12.5 Å². The number of halogens is 1. The van der Waals surface area contributed by atoms with Crippen LogP contribution in [0.2, 0.25) is 0 Å². The molecule has 0 aliphatic carbocycles. The molecule has 0 saturated heterocycles. The molecule has 0 radical (unpaired) electrons. The first kappa shape index (κ1) is 13.4. The Morgan fingerprint density at radius 2 is 2.33 bits per heavy atom. The van der Waals surface area contributed by atoms with E-state index in [0.29, 0.717) is 11.7 Å². The van der Waals surface area contributed by atoms with E-state index in [1.165, 1.54) is 11.8 Å². The van der Waals surface area contributed by atoms with Gasteiger partial charge in [-0.1, -0.05) is 22.0 Å². The molecule has 96 valence electrons. The van der Waals surface area contributed by atoms with Crippen molar-refractivity contribution < 1.29 is 5.11 Å². The number of nitrogens with one attached hydrogen (secondary N) is 1. The highest BCUT2D eigenvalue weighted by Crippen LogP contribution is 2.30. The topological polar surface area (TPSA) is 70.9 Å². The Kier molecular flexibility index (Phi) is 4.26. The standard InChI is InChI=1S/C11H12BrN3O2S/c1-2-15-10(17)13-14-11(15)18-9-5-8(12)4-3-7(9)6-16/h3-5,16H,2,6H2,1H3,(H,13,17). The maximum atomic E-state index is 11.5. The normalized spacial score (nSPS) is 10.8. The Hall–Kier alpha value is -1.05. The van der Waals surface area contributed by atoms with E-state index < -0.39 is 0 Å². The molecular weight excluding hydrogens is 318 g/mol. The van der Waals surface area contributed by atoms with E-state index in [4.69, 9.17) is 0 Å². The van der Waals surface area contributed by atoms with E-state index in [2.05, 4.69) is 26.1 Å². The number of nitrogens with zero attached hydrogens (tertiary/aromatic N) is 2. The number of benzene rings is 1. The molecule has 1 aromatic heterocycles. The molecule has 0 aliphatic heterocycles. The van der Waals surface area contributed by atoms with Gasteiger partial charge in [-0.05, 0) is 36.4 Å². The smallest absolute Gasteiger partial charge is 0.343 e. The molecule has 0 fully saturated rings. The number of H-pyrrole nitrogens is 1. The number of hydrogen-bond acceptors (Lipinski definition) is 4. The van der Waals surface area contributed by atoms with Crippen molar-refractivity contribution in [2.45, 2.75) is 30.1 Å². The second-order valence-corrected chi connectivity index (χ2v) is 5.49. The minimum absolute atomic E-state index is 0.0452. The van der Waals surface area contributed by atoms with E-state index in [1.807, 2.05) is 25.1 Å². The Balaban J connectivity index is 2.39. The van der Waals surface area contributed by atoms with Crippen molar-refractivity contribution in [3.05, 3.63) is 38.7 Å². The van der Waals surface area contributed by atoms with Gasteiger partial charge in [0.25, 0.3) is 0 Å². The lowest BCUT2D eigenvalue weighted by Crippen LogP contribution is -2.16. The van der Waals surface area contributed by atoms with Gasteiger partial charge >= 0.3 is 5.69 Å². The predicted octanol–water partition coefficient (Wildman–Crippen LogP) is 2.00. The van der Waals surface area contributed by atoms with Crippen LogP contribution in [0.3, 0.4) is 0 Å². The molecule has 0 aliphatic rings. The number of rotatable bonds is 4. The van der Waals surface area contributed by atoms with Crippen LogP contribution in [0.25, 0.3) is 0 Å². The van der Waals surface area contributed by atoms with Crippen molar-refractivity contribution in [2.24, 2.45) is 0 Å². The van der Waals surface area contributed by atoms with Crippen molar-refractivity contribution in [1.82, 2.24) is 14.8 Å². The fourth-order valence-electron chi connectivity index (χ4n) is 1.51. The predicted molar refractivity (Wildman–Crippen MR) is 72.7 cm³/mol. The average molecular weight is 330 g/mol. The van der Waals surface area contributed by atoms with Crippen LogP contribution in [-0.4, -0.2) is 19.9 Å². The highest BCUT2D eigenvalue weighted by molar-refractivity contribution is 9.10. The molecule has 5 nitrogen and oxygen atoms in total. The lowest BCUT2D eigenvalue weighted by molar-refractivity contribution is 0.279. The summed E-state index contributed by atoms with van der Waals surface area (Å²) in [5, 5.41) is 16.3. The molecule has 2 N–H and O–H groups in total. The summed E-state index contributed by atoms with van der Waals surface area (Å²) in [7, 11) is 0. The molecule has 7 heteroatoms. The largest absolute Gasteiger partial charge is 0.392 e. The monoisotopic (exact) mass is 329 g/mol. The summed E-state index contributed by atoms with van der Waals surface area (Å²) >= 11 is 4.74. The number of aromatic amines is 1. The molecule has 2 rings (SSSR count). The molecule has 0 atom stereocenters. The van der Waals surface area contributed by atoms with Crippen LogP contribution in [-0.2, 0) is 13.2 Å². The SMILES string of the molecule is CCn1c(Sc2cc(Br)ccc2CO)n[nH]c1=O. The highest BCUT2D eigenvalue weighted by Gasteiger charge is 2.11. The fourth-order valence-corrected chi connectivity index (χ4v) is 3.08. The first-order valence-corrected chi connectivity index (χ1v) is 6.99. The molecule has 18 heavy (non-hydrogen) atoms. The van der Waals surface area contributed by atoms with Crippen LogP contribution in [0.5, 0.6) is 0 Å². The van der Waals surface area contributed by atoms with Gasteiger partial charge in [-0.3, -0.25) is 4.57 Å². The molecule has 2 aromatic rings. The third-order valence-corrected chi connectivity index (χ3v) is 4.03. The van der Waals surface area contributed by atoms with Gasteiger partial charge in [0.2, 0.25) is 0 Å². The Morgan fingerprint density at radius 3 is 3.00 bits per heavy atom. The lowest BCUT2D eigenvalue weighted by atomic mass is 10.2. The summed E-state index contributed by atoms with van der Waals surface area (Å²) in [6, 6.07) is 5.61. The van der Waals surface area contributed by atoms with Gasteiger partial charge in [-0.25, -0.2) is 9.89 Å². The van der Waals surface area contributed by atoms with Crippen molar-refractivity contribution in [3.63, 3.8) is 0 Å². The van der Waals surface area contributed by atoms with Crippen molar-refractivity contribution >= 4 is 27.7 Å². The van der Waals surface area contributed by atoms with E-state index in [9.17, 15) is 9.90 Å². The third kappa shape index (κ3) is 2.68. The zero-order valence-electron chi connectivity index (χ0n) is 9.68. The van der Waals surface area contributed by atoms with Crippen LogP contribution >= 0.6 is 27.7 Å². The van der Waals surface area contributed by atoms with Gasteiger partial charge in [0, 0.05) is 15.9 Å². The quantitative estimate of drug-likeness (QED) is 0.899. The summed E-state index contributed by atoms with van der Waals surface area (Å²) in [4.78, 5) is 12.3. The van der Waals surface area contributed by atoms with Crippen LogP contribution in [0.4, 0.5) is 0 Å². The molecule has 1 heterocycles. The van der Waals surface area contributed by atoms with Crippen molar-refractivity contribution in [3.8, 4) is 0 Å². The van der Waals surface area contributed by atoms with Crippen LogP contribution in [0, 0.1) is 0 Å². The zero-order valence-corrected chi connectivity index (χ0v) is 12.1. The van der Waals surface area contributed by atoms with Crippen molar-refractivity contribution in [2.75, 3.05) is 0 Å². The molecule has 0 spiro atoms. The van der Waals surface area contributed by atoms with E-state index >= 15 is 0 Å². The number of hydrogen-bond donors (Lipinski definition) is 2. The maximum Gasteiger partial charge on any atom is 0.343 e. The minimum atomic E-state index is -0.222. The maximum absolute atomic E-state index is 11.5. The first-order valence-electron chi connectivity index (χ1n) is 5.38. The summed E-state index contributed by atoms with van der Waals surface area (Å²) in [6.07, 6.45) is 0. The van der Waals surface area contributed by atoms with Crippen LogP contribution in [0.15, 0.2) is 37.5 Å². The second-order valence-electron chi connectivity index (χ2n) is 3.57. The number of aliphatic hydroxyl groups is 1. The zero-order chi connectivity index (χ0) is 13.1. The van der Waals surface area contributed by atoms with Gasteiger partial charge in [-0.2, -0.15) is 0 Å². The number of aromatic nitrogens is 3. The summed E-state index contributed by atoms with van der Waals surface area (Å²) in [5.41, 5.74) is 0.585. The average Bonchev–Trinajstić information content (AvgIpc) is 2.70. The third-order valence-electron chi connectivity index (χ3n) is 2.44.